The highest BCUT2D eigenvalue weighted by Gasteiger charge is 2.22. The van der Waals surface area contributed by atoms with E-state index in [0.29, 0.717) is 19.0 Å². The van der Waals surface area contributed by atoms with E-state index in [1.165, 1.54) is 19.2 Å². The highest BCUT2D eigenvalue weighted by Crippen LogP contribution is 2.15. The molecule has 1 aromatic rings. The van der Waals surface area contributed by atoms with Crippen molar-refractivity contribution in [3.63, 3.8) is 0 Å². The van der Waals surface area contributed by atoms with E-state index in [9.17, 15) is 14.4 Å². The Morgan fingerprint density at radius 2 is 2.19 bits per heavy atom. The van der Waals surface area contributed by atoms with Crippen LogP contribution in [0.3, 0.4) is 0 Å². The maximum Gasteiger partial charge on any atom is 0.359 e. The van der Waals surface area contributed by atoms with Crippen LogP contribution in [0.15, 0.2) is 16.9 Å². The number of nitrogens with zero attached hydrogens (tertiary/aromatic N) is 3. The summed E-state index contributed by atoms with van der Waals surface area (Å²) in [6, 6.07) is 2.52. The maximum atomic E-state index is 12.0. The number of rotatable bonds is 3. The predicted molar refractivity (Wildman–Crippen MR) is 74.7 cm³/mol. The lowest BCUT2D eigenvalue weighted by molar-refractivity contribution is -0.136. The molecule has 21 heavy (non-hydrogen) atoms. The van der Waals surface area contributed by atoms with Crippen LogP contribution in [0.1, 0.15) is 30.3 Å². The molecule has 7 nitrogen and oxygen atoms in total. The summed E-state index contributed by atoms with van der Waals surface area (Å²) in [7, 11) is 1.44. The summed E-state index contributed by atoms with van der Waals surface area (Å²) in [5.74, 6) is -0.424. The van der Waals surface area contributed by atoms with Crippen LogP contribution in [0.5, 0.6) is 0 Å². The van der Waals surface area contributed by atoms with Gasteiger partial charge in [0.25, 0.3) is 11.5 Å². The average molecular weight is 293 g/mol. The van der Waals surface area contributed by atoms with E-state index in [4.69, 9.17) is 4.74 Å². The Balaban J connectivity index is 1.89. The average Bonchev–Trinajstić information content (AvgIpc) is 2.47. The van der Waals surface area contributed by atoms with E-state index in [1.54, 1.807) is 4.90 Å². The summed E-state index contributed by atoms with van der Waals surface area (Å²) < 4.78 is 6.01. The van der Waals surface area contributed by atoms with Gasteiger partial charge in [0.1, 0.15) is 0 Å². The van der Waals surface area contributed by atoms with Crippen molar-refractivity contribution in [2.75, 3.05) is 19.7 Å². The third-order valence-corrected chi connectivity index (χ3v) is 3.51. The van der Waals surface area contributed by atoms with Gasteiger partial charge in [0.05, 0.1) is 0 Å². The van der Waals surface area contributed by atoms with Crippen LogP contribution in [0, 0.1) is 5.92 Å². The Labute approximate surface area is 122 Å². The molecule has 0 N–H and O–H groups in total. The maximum absolute atomic E-state index is 12.0. The molecule has 0 radical (unpaired) electrons. The third-order valence-electron chi connectivity index (χ3n) is 3.51. The van der Waals surface area contributed by atoms with Crippen molar-refractivity contribution in [3.05, 3.63) is 28.2 Å². The second kappa shape index (κ2) is 6.51. The number of aromatic nitrogens is 2. The largest absolute Gasteiger partial charge is 0.451 e. The Hall–Kier alpha value is -2.18. The van der Waals surface area contributed by atoms with E-state index in [-0.39, 0.29) is 23.8 Å². The first-order valence-corrected chi connectivity index (χ1v) is 6.96. The lowest BCUT2D eigenvalue weighted by Gasteiger charge is -2.30. The van der Waals surface area contributed by atoms with E-state index in [0.717, 1.165) is 17.5 Å². The lowest BCUT2D eigenvalue weighted by Crippen LogP contribution is -2.41. The van der Waals surface area contributed by atoms with Crippen LogP contribution in [0.25, 0.3) is 0 Å². The molecule has 7 heteroatoms. The Kier molecular flexibility index (Phi) is 4.72. The van der Waals surface area contributed by atoms with Crippen molar-refractivity contribution in [2.45, 2.75) is 19.8 Å². The smallest absolute Gasteiger partial charge is 0.359 e. The summed E-state index contributed by atoms with van der Waals surface area (Å²) in [5.41, 5.74) is -0.304. The number of esters is 1. The number of carbonyl (C=O) groups is 2. The number of carbonyl (C=O) groups excluding carboxylic acids is 2. The zero-order valence-corrected chi connectivity index (χ0v) is 12.2. The molecule has 114 valence electrons. The van der Waals surface area contributed by atoms with E-state index >= 15 is 0 Å². The lowest BCUT2D eigenvalue weighted by atomic mass is 10.0. The molecule has 1 saturated heterocycles. The summed E-state index contributed by atoms with van der Waals surface area (Å²) in [5, 5.41) is 3.78. The normalized spacial score (nSPS) is 18.4. The monoisotopic (exact) mass is 293 g/mol. The molecule has 0 aromatic carbocycles. The van der Waals surface area contributed by atoms with Crippen LogP contribution in [-0.4, -0.2) is 46.3 Å². The van der Waals surface area contributed by atoms with Crippen LogP contribution in [0.2, 0.25) is 0 Å². The quantitative estimate of drug-likeness (QED) is 0.743. The van der Waals surface area contributed by atoms with Crippen LogP contribution >= 0.6 is 0 Å². The third kappa shape index (κ3) is 3.90. The number of hydrogen-bond acceptors (Lipinski definition) is 5. The van der Waals surface area contributed by atoms with Gasteiger partial charge in [-0.1, -0.05) is 6.92 Å². The van der Waals surface area contributed by atoms with Gasteiger partial charge >= 0.3 is 5.97 Å². The van der Waals surface area contributed by atoms with E-state index < -0.39 is 5.97 Å². The molecule has 1 aliphatic rings. The van der Waals surface area contributed by atoms with Crippen molar-refractivity contribution < 1.29 is 14.3 Å². The molecule has 0 spiro atoms. The van der Waals surface area contributed by atoms with Gasteiger partial charge in [0, 0.05) is 26.2 Å². The fraction of sp³-hybridized carbons (Fsp3) is 0.571. The van der Waals surface area contributed by atoms with Gasteiger partial charge in [-0.2, -0.15) is 5.10 Å². The highest BCUT2D eigenvalue weighted by molar-refractivity contribution is 5.89. The Morgan fingerprint density at radius 3 is 2.86 bits per heavy atom. The number of likely N-dealkylation sites (tertiary alicyclic amines) is 1. The van der Waals surface area contributed by atoms with E-state index in [1.807, 2.05) is 0 Å². The number of amides is 1. The van der Waals surface area contributed by atoms with Crippen molar-refractivity contribution in [1.82, 2.24) is 14.7 Å². The zero-order chi connectivity index (χ0) is 15.4. The van der Waals surface area contributed by atoms with Crippen LogP contribution < -0.4 is 5.56 Å². The molecule has 1 aliphatic heterocycles. The summed E-state index contributed by atoms with van der Waals surface area (Å²) in [6.07, 6.45) is 2.09. The number of ether oxygens (including phenoxy) is 1. The molecule has 1 atom stereocenters. The Bertz CT molecular complexity index is 596. The van der Waals surface area contributed by atoms with Gasteiger partial charge in [-0.05, 0) is 24.8 Å². The molecule has 1 unspecified atom stereocenters. The molecule has 0 bridgehead atoms. The Morgan fingerprint density at radius 1 is 1.43 bits per heavy atom. The molecular formula is C14H19N3O4. The zero-order valence-electron chi connectivity index (χ0n) is 12.2. The van der Waals surface area contributed by atoms with Crippen molar-refractivity contribution in [1.29, 1.82) is 0 Å². The molecule has 1 amide bonds. The van der Waals surface area contributed by atoms with Gasteiger partial charge in [-0.15, -0.1) is 0 Å². The first kappa shape index (κ1) is 15.2. The summed E-state index contributed by atoms with van der Waals surface area (Å²) in [6.45, 7) is 3.21. The second-order valence-electron chi connectivity index (χ2n) is 5.34. The first-order valence-electron chi connectivity index (χ1n) is 6.96. The first-order chi connectivity index (χ1) is 9.97. The van der Waals surface area contributed by atoms with Gasteiger partial charge in [-0.3, -0.25) is 9.59 Å². The summed E-state index contributed by atoms with van der Waals surface area (Å²) >= 11 is 0. The standard InChI is InChI=1S/C14H19N3O4/c1-10-4-3-7-17(8-10)13(19)9-21-14(20)11-5-6-12(18)16(2)15-11/h5-6,10H,3-4,7-9H2,1-2H3. The van der Waals surface area contributed by atoms with Crippen molar-refractivity contribution in [2.24, 2.45) is 13.0 Å². The highest BCUT2D eigenvalue weighted by atomic mass is 16.5. The minimum Gasteiger partial charge on any atom is -0.451 e. The SMILES string of the molecule is CC1CCCN(C(=O)COC(=O)c2ccc(=O)n(C)n2)C1. The van der Waals surface area contributed by atoms with Crippen LogP contribution in [0.4, 0.5) is 0 Å². The van der Waals surface area contributed by atoms with Gasteiger partial charge in [0.2, 0.25) is 0 Å². The molecular weight excluding hydrogens is 274 g/mol. The van der Waals surface area contributed by atoms with E-state index in [2.05, 4.69) is 12.0 Å². The molecule has 1 fully saturated rings. The fourth-order valence-corrected chi connectivity index (χ4v) is 2.32. The van der Waals surface area contributed by atoms with Gasteiger partial charge < -0.3 is 9.64 Å². The number of hydrogen-bond donors (Lipinski definition) is 0. The van der Waals surface area contributed by atoms with Crippen molar-refractivity contribution >= 4 is 11.9 Å². The number of piperidine rings is 1. The van der Waals surface area contributed by atoms with Crippen LogP contribution in [-0.2, 0) is 16.6 Å². The minimum absolute atomic E-state index is 0.0110. The summed E-state index contributed by atoms with van der Waals surface area (Å²) in [4.78, 5) is 36.7. The second-order valence-corrected chi connectivity index (χ2v) is 5.34. The molecule has 1 aromatic heterocycles. The topological polar surface area (TPSA) is 81.5 Å². The fourth-order valence-electron chi connectivity index (χ4n) is 2.32. The minimum atomic E-state index is -0.705. The van der Waals surface area contributed by atoms with Gasteiger partial charge in [0.15, 0.2) is 12.3 Å². The molecule has 0 saturated carbocycles. The molecule has 2 heterocycles. The van der Waals surface area contributed by atoms with Crippen molar-refractivity contribution in [3.8, 4) is 0 Å². The number of aryl methyl sites for hydroxylation is 1. The molecule has 0 aliphatic carbocycles. The van der Waals surface area contributed by atoms with Gasteiger partial charge in [-0.25, -0.2) is 9.48 Å². The predicted octanol–water partition coefficient (Wildman–Crippen LogP) is 0.196. The molecule has 2 rings (SSSR count).